The van der Waals surface area contributed by atoms with Crippen LogP contribution in [-0.4, -0.2) is 62.3 Å². The standard InChI is InChI=1S/C22H33N3O2/c26-22(18-4-6-20(7-5-18)24-12-2-1-3-13-24)23-19-8-14-25(15-9-19)21-10-16-27-17-11-21/h4-7,19,21H,1-3,8-17H2,(H,23,26). The number of piperidine rings is 2. The molecule has 3 fully saturated rings. The molecule has 27 heavy (non-hydrogen) atoms. The highest BCUT2D eigenvalue weighted by atomic mass is 16.5. The zero-order valence-corrected chi connectivity index (χ0v) is 16.4. The predicted molar refractivity (Wildman–Crippen MR) is 108 cm³/mol. The van der Waals surface area contributed by atoms with Crippen molar-refractivity contribution in [1.29, 1.82) is 0 Å². The number of hydrogen-bond acceptors (Lipinski definition) is 4. The van der Waals surface area contributed by atoms with Crippen molar-refractivity contribution in [2.75, 3.05) is 44.3 Å². The molecule has 3 aliphatic heterocycles. The summed E-state index contributed by atoms with van der Waals surface area (Å²) < 4.78 is 5.47. The first-order chi connectivity index (χ1) is 13.3. The molecule has 1 amide bonds. The molecule has 1 aromatic rings. The molecule has 0 aliphatic carbocycles. The largest absolute Gasteiger partial charge is 0.381 e. The summed E-state index contributed by atoms with van der Waals surface area (Å²) in [6.07, 6.45) is 8.29. The molecule has 0 spiro atoms. The number of amides is 1. The maximum Gasteiger partial charge on any atom is 0.251 e. The molecule has 0 aromatic heterocycles. The highest BCUT2D eigenvalue weighted by molar-refractivity contribution is 5.94. The molecule has 5 heteroatoms. The lowest BCUT2D eigenvalue weighted by Crippen LogP contribution is -2.49. The van der Waals surface area contributed by atoms with Crippen LogP contribution in [0.3, 0.4) is 0 Å². The monoisotopic (exact) mass is 371 g/mol. The van der Waals surface area contributed by atoms with Gasteiger partial charge in [-0.1, -0.05) is 0 Å². The fourth-order valence-corrected chi connectivity index (χ4v) is 4.70. The Hall–Kier alpha value is -1.59. The molecular weight excluding hydrogens is 338 g/mol. The number of carbonyl (C=O) groups is 1. The maximum absolute atomic E-state index is 12.6. The lowest BCUT2D eigenvalue weighted by atomic mass is 9.99. The van der Waals surface area contributed by atoms with Crippen LogP contribution in [0, 0.1) is 0 Å². The zero-order chi connectivity index (χ0) is 18.5. The van der Waals surface area contributed by atoms with E-state index < -0.39 is 0 Å². The van der Waals surface area contributed by atoms with E-state index in [0.29, 0.717) is 12.1 Å². The van der Waals surface area contributed by atoms with Crippen LogP contribution in [0.4, 0.5) is 5.69 Å². The van der Waals surface area contributed by atoms with Crippen LogP contribution in [0.25, 0.3) is 0 Å². The fraction of sp³-hybridized carbons (Fsp3) is 0.682. The molecule has 1 aromatic carbocycles. The first-order valence-corrected chi connectivity index (χ1v) is 10.8. The van der Waals surface area contributed by atoms with Crippen molar-refractivity contribution in [3.8, 4) is 0 Å². The first-order valence-electron chi connectivity index (χ1n) is 10.8. The minimum Gasteiger partial charge on any atom is -0.381 e. The molecule has 0 unspecified atom stereocenters. The summed E-state index contributed by atoms with van der Waals surface area (Å²) in [4.78, 5) is 17.7. The summed E-state index contributed by atoms with van der Waals surface area (Å²) in [6.45, 7) is 6.24. The van der Waals surface area contributed by atoms with Crippen LogP contribution < -0.4 is 10.2 Å². The predicted octanol–water partition coefficient (Wildman–Crippen LogP) is 3.05. The van der Waals surface area contributed by atoms with Gasteiger partial charge in [0, 0.05) is 62.7 Å². The van der Waals surface area contributed by atoms with Gasteiger partial charge >= 0.3 is 0 Å². The summed E-state index contributed by atoms with van der Waals surface area (Å²) in [7, 11) is 0. The van der Waals surface area contributed by atoms with Crippen LogP contribution in [0.5, 0.6) is 0 Å². The highest BCUT2D eigenvalue weighted by Gasteiger charge is 2.27. The molecule has 4 rings (SSSR count). The van der Waals surface area contributed by atoms with Gasteiger partial charge in [-0.25, -0.2) is 0 Å². The van der Waals surface area contributed by atoms with E-state index in [4.69, 9.17) is 4.74 Å². The number of hydrogen-bond donors (Lipinski definition) is 1. The number of anilines is 1. The number of nitrogens with one attached hydrogen (secondary N) is 1. The van der Waals surface area contributed by atoms with Crippen LogP contribution >= 0.6 is 0 Å². The molecule has 1 N–H and O–H groups in total. The minimum atomic E-state index is 0.0738. The second-order valence-electron chi connectivity index (χ2n) is 8.22. The van der Waals surface area contributed by atoms with Gasteiger partial charge in [-0.2, -0.15) is 0 Å². The fourth-order valence-electron chi connectivity index (χ4n) is 4.70. The number of rotatable bonds is 4. The highest BCUT2D eigenvalue weighted by Crippen LogP contribution is 2.22. The SMILES string of the molecule is O=C(NC1CCN(C2CCOCC2)CC1)c1ccc(N2CCCCC2)cc1. The second-order valence-corrected chi connectivity index (χ2v) is 8.22. The number of likely N-dealkylation sites (tertiary alicyclic amines) is 1. The Morgan fingerprint density at radius 1 is 0.889 bits per heavy atom. The second kappa shape index (κ2) is 9.07. The molecule has 5 nitrogen and oxygen atoms in total. The van der Waals surface area contributed by atoms with E-state index in [1.54, 1.807) is 0 Å². The number of ether oxygens (including phenoxy) is 1. The van der Waals surface area contributed by atoms with E-state index in [1.807, 2.05) is 12.1 Å². The Bertz CT molecular complexity index is 598. The Balaban J connectivity index is 1.25. The summed E-state index contributed by atoms with van der Waals surface area (Å²) >= 11 is 0. The third-order valence-electron chi connectivity index (χ3n) is 6.42. The minimum absolute atomic E-state index is 0.0738. The summed E-state index contributed by atoms with van der Waals surface area (Å²) in [5.41, 5.74) is 2.03. The van der Waals surface area contributed by atoms with E-state index in [0.717, 1.165) is 70.6 Å². The number of benzene rings is 1. The molecule has 0 bridgehead atoms. The molecule has 3 saturated heterocycles. The van der Waals surface area contributed by atoms with Crippen molar-refractivity contribution in [3.05, 3.63) is 29.8 Å². The molecule has 0 atom stereocenters. The maximum atomic E-state index is 12.6. The van der Waals surface area contributed by atoms with E-state index in [1.165, 1.54) is 24.9 Å². The van der Waals surface area contributed by atoms with Crippen LogP contribution in [0.1, 0.15) is 55.3 Å². The average molecular weight is 372 g/mol. The quantitative estimate of drug-likeness (QED) is 0.884. The molecule has 3 aliphatic rings. The van der Waals surface area contributed by atoms with Crippen molar-refractivity contribution in [2.24, 2.45) is 0 Å². The summed E-state index contributed by atoms with van der Waals surface area (Å²) in [5.74, 6) is 0.0738. The van der Waals surface area contributed by atoms with Gasteiger partial charge in [0.25, 0.3) is 5.91 Å². The van der Waals surface area contributed by atoms with Crippen LogP contribution in [0.15, 0.2) is 24.3 Å². The molecule has 3 heterocycles. The van der Waals surface area contributed by atoms with E-state index >= 15 is 0 Å². The van der Waals surface area contributed by atoms with Gasteiger partial charge in [0.2, 0.25) is 0 Å². The van der Waals surface area contributed by atoms with Gasteiger partial charge < -0.3 is 19.9 Å². The van der Waals surface area contributed by atoms with E-state index in [9.17, 15) is 4.79 Å². The van der Waals surface area contributed by atoms with Gasteiger partial charge in [0.05, 0.1) is 0 Å². The van der Waals surface area contributed by atoms with E-state index in [2.05, 4.69) is 27.2 Å². The Morgan fingerprint density at radius 2 is 1.56 bits per heavy atom. The zero-order valence-electron chi connectivity index (χ0n) is 16.4. The number of nitrogens with zero attached hydrogens (tertiary/aromatic N) is 2. The topological polar surface area (TPSA) is 44.8 Å². The molecule has 0 radical (unpaired) electrons. The smallest absolute Gasteiger partial charge is 0.251 e. The van der Waals surface area contributed by atoms with Crippen molar-refractivity contribution in [2.45, 2.75) is 57.0 Å². The normalized spacial score (nSPS) is 23.3. The lowest BCUT2D eigenvalue weighted by molar-refractivity contribution is 0.0238. The van der Waals surface area contributed by atoms with Gasteiger partial charge in [0.1, 0.15) is 0 Å². The first kappa shape index (κ1) is 18.8. The van der Waals surface area contributed by atoms with Gasteiger partial charge in [-0.3, -0.25) is 4.79 Å². The molecule has 148 valence electrons. The third-order valence-corrected chi connectivity index (χ3v) is 6.42. The number of carbonyl (C=O) groups excluding carboxylic acids is 1. The lowest BCUT2D eigenvalue weighted by Gasteiger charge is -2.39. The van der Waals surface area contributed by atoms with Gasteiger partial charge in [-0.05, 0) is 69.2 Å². The molecular formula is C22H33N3O2. The third kappa shape index (κ3) is 4.82. The van der Waals surface area contributed by atoms with Crippen molar-refractivity contribution in [1.82, 2.24) is 10.2 Å². The average Bonchev–Trinajstić information content (AvgIpc) is 2.76. The van der Waals surface area contributed by atoms with Gasteiger partial charge in [0.15, 0.2) is 0 Å². The van der Waals surface area contributed by atoms with Crippen LogP contribution in [0.2, 0.25) is 0 Å². The van der Waals surface area contributed by atoms with Gasteiger partial charge in [-0.15, -0.1) is 0 Å². The summed E-state index contributed by atoms with van der Waals surface area (Å²) in [5, 5.41) is 3.25. The van der Waals surface area contributed by atoms with Crippen LogP contribution in [-0.2, 0) is 4.74 Å². The van der Waals surface area contributed by atoms with Crippen molar-refractivity contribution >= 4 is 11.6 Å². The Morgan fingerprint density at radius 3 is 2.22 bits per heavy atom. The molecule has 0 saturated carbocycles. The Labute approximate surface area is 163 Å². The Kier molecular flexibility index (Phi) is 6.30. The van der Waals surface area contributed by atoms with Crippen molar-refractivity contribution in [3.63, 3.8) is 0 Å². The summed E-state index contributed by atoms with van der Waals surface area (Å²) in [6, 6.07) is 9.16. The van der Waals surface area contributed by atoms with E-state index in [-0.39, 0.29) is 5.91 Å². The van der Waals surface area contributed by atoms with Crippen molar-refractivity contribution < 1.29 is 9.53 Å².